The minimum Gasteiger partial charge on any atom is -0.479 e. The zero-order valence-corrected chi connectivity index (χ0v) is 9.60. The van der Waals surface area contributed by atoms with Crippen LogP contribution in [0.25, 0.3) is 0 Å². The monoisotopic (exact) mass is 230 g/mol. The van der Waals surface area contributed by atoms with Crippen molar-refractivity contribution in [2.75, 3.05) is 27.2 Å². The van der Waals surface area contributed by atoms with E-state index in [1.165, 1.54) is 4.90 Å². The first-order chi connectivity index (χ1) is 7.50. The molecule has 0 aromatic heterocycles. The Morgan fingerprint density at radius 1 is 1.44 bits per heavy atom. The van der Waals surface area contributed by atoms with E-state index in [4.69, 9.17) is 9.84 Å². The molecule has 2 atom stereocenters. The molecule has 6 nitrogen and oxygen atoms in total. The van der Waals surface area contributed by atoms with Gasteiger partial charge < -0.3 is 20.1 Å². The maximum atomic E-state index is 11.2. The summed E-state index contributed by atoms with van der Waals surface area (Å²) < 4.78 is 5.28. The minimum atomic E-state index is -0.910. The molecular formula is C10H18N2O4. The Hall–Kier alpha value is -1.14. The predicted molar refractivity (Wildman–Crippen MR) is 57.1 cm³/mol. The second kappa shape index (κ2) is 5.81. The van der Waals surface area contributed by atoms with Crippen LogP contribution < -0.4 is 5.32 Å². The predicted octanol–water partition coefficient (Wildman–Crippen LogP) is -0.704. The quantitative estimate of drug-likeness (QED) is 0.652. The molecule has 0 saturated carbocycles. The number of carboxylic acid groups (broad SMARTS) is 1. The number of hydrogen-bond donors (Lipinski definition) is 2. The lowest BCUT2D eigenvalue weighted by atomic mass is 10.2. The summed E-state index contributed by atoms with van der Waals surface area (Å²) in [6.07, 6.45) is 0.482. The Morgan fingerprint density at radius 2 is 2.12 bits per heavy atom. The Bertz CT molecular complexity index is 268. The van der Waals surface area contributed by atoms with Crippen LogP contribution in [0.5, 0.6) is 0 Å². The van der Waals surface area contributed by atoms with E-state index in [9.17, 15) is 9.59 Å². The van der Waals surface area contributed by atoms with Gasteiger partial charge in [0.25, 0.3) is 0 Å². The number of ether oxygens (including phenoxy) is 1. The van der Waals surface area contributed by atoms with Crippen LogP contribution in [0.3, 0.4) is 0 Å². The van der Waals surface area contributed by atoms with Gasteiger partial charge in [-0.1, -0.05) is 0 Å². The number of carbonyl (C=O) groups excluding carboxylic acids is 1. The number of rotatable bonds is 5. The first kappa shape index (κ1) is 12.9. The molecule has 1 fully saturated rings. The highest BCUT2D eigenvalue weighted by Crippen LogP contribution is 2.18. The van der Waals surface area contributed by atoms with Gasteiger partial charge in [0.05, 0.1) is 12.6 Å². The van der Waals surface area contributed by atoms with Gasteiger partial charge in [-0.15, -0.1) is 0 Å². The fourth-order valence-corrected chi connectivity index (χ4v) is 1.54. The fourth-order valence-electron chi connectivity index (χ4n) is 1.54. The zero-order chi connectivity index (χ0) is 12.1. The van der Waals surface area contributed by atoms with Crippen molar-refractivity contribution in [2.45, 2.75) is 25.0 Å². The Kier molecular flexibility index (Phi) is 4.70. The zero-order valence-electron chi connectivity index (χ0n) is 9.60. The standard InChI is InChI=1S/C10H18N2O4/c1-12(2)9(13)6-11-5-7-3-4-8(16-7)10(14)15/h7-8,11H,3-6H2,1-2H3,(H,14,15). The van der Waals surface area contributed by atoms with Gasteiger partial charge >= 0.3 is 5.97 Å². The third kappa shape index (κ3) is 3.79. The van der Waals surface area contributed by atoms with E-state index in [-0.39, 0.29) is 18.6 Å². The molecule has 1 saturated heterocycles. The topological polar surface area (TPSA) is 78.9 Å². The van der Waals surface area contributed by atoms with E-state index in [1.807, 2.05) is 0 Å². The second-order valence-electron chi connectivity index (χ2n) is 4.08. The lowest BCUT2D eigenvalue weighted by molar-refractivity contribution is -0.149. The average Bonchev–Trinajstić information content (AvgIpc) is 2.66. The minimum absolute atomic E-state index is 0.00668. The molecule has 1 rings (SSSR count). The highest BCUT2D eigenvalue weighted by atomic mass is 16.5. The van der Waals surface area contributed by atoms with E-state index in [0.29, 0.717) is 13.0 Å². The summed E-state index contributed by atoms with van der Waals surface area (Å²) in [5, 5.41) is 11.7. The summed E-state index contributed by atoms with van der Waals surface area (Å²) in [4.78, 5) is 23.3. The molecule has 1 amide bonds. The van der Waals surface area contributed by atoms with Crippen molar-refractivity contribution in [3.05, 3.63) is 0 Å². The van der Waals surface area contributed by atoms with Gasteiger partial charge in [-0.25, -0.2) is 4.79 Å². The third-order valence-electron chi connectivity index (χ3n) is 2.53. The molecule has 0 aromatic carbocycles. The molecule has 0 spiro atoms. The molecular weight excluding hydrogens is 212 g/mol. The molecule has 0 radical (unpaired) electrons. The normalized spacial score (nSPS) is 24.4. The number of aliphatic carboxylic acids is 1. The summed E-state index contributed by atoms with van der Waals surface area (Å²) in [5.41, 5.74) is 0. The third-order valence-corrected chi connectivity index (χ3v) is 2.53. The Morgan fingerprint density at radius 3 is 2.62 bits per heavy atom. The van der Waals surface area contributed by atoms with Gasteiger partial charge in [0.2, 0.25) is 5.91 Å². The fraction of sp³-hybridized carbons (Fsp3) is 0.800. The van der Waals surface area contributed by atoms with Gasteiger partial charge in [0, 0.05) is 20.6 Å². The summed E-state index contributed by atoms with van der Waals surface area (Å²) in [7, 11) is 3.38. The van der Waals surface area contributed by atoms with Crippen molar-refractivity contribution in [3.63, 3.8) is 0 Å². The van der Waals surface area contributed by atoms with Gasteiger partial charge in [-0.2, -0.15) is 0 Å². The van der Waals surface area contributed by atoms with Crippen LogP contribution in [0, 0.1) is 0 Å². The number of amides is 1. The lowest BCUT2D eigenvalue weighted by Gasteiger charge is -2.14. The van der Waals surface area contributed by atoms with Crippen molar-refractivity contribution in [1.82, 2.24) is 10.2 Å². The molecule has 1 heterocycles. The Balaban J connectivity index is 2.16. The Labute approximate surface area is 94.6 Å². The molecule has 92 valence electrons. The average molecular weight is 230 g/mol. The van der Waals surface area contributed by atoms with Crippen molar-refractivity contribution in [2.24, 2.45) is 0 Å². The number of carbonyl (C=O) groups is 2. The van der Waals surface area contributed by atoms with Gasteiger partial charge in [-0.3, -0.25) is 4.79 Å². The molecule has 1 aliphatic rings. The summed E-state index contributed by atoms with van der Waals surface area (Å²) >= 11 is 0. The van der Waals surface area contributed by atoms with Crippen molar-refractivity contribution in [3.8, 4) is 0 Å². The first-order valence-electron chi connectivity index (χ1n) is 5.30. The number of nitrogens with zero attached hydrogens (tertiary/aromatic N) is 1. The molecule has 2 unspecified atom stereocenters. The van der Waals surface area contributed by atoms with E-state index in [1.54, 1.807) is 14.1 Å². The number of nitrogens with one attached hydrogen (secondary N) is 1. The van der Waals surface area contributed by atoms with Gasteiger partial charge in [0.15, 0.2) is 6.10 Å². The summed E-state index contributed by atoms with van der Waals surface area (Å²) in [6, 6.07) is 0. The molecule has 2 N–H and O–H groups in total. The van der Waals surface area contributed by atoms with E-state index in [0.717, 1.165) is 6.42 Å². The maximum Gasteiger partial charge on any atom is 0.332 e. The van der Waals surface area contributed by atoms with Crippen molar-refractivity contribution < 1.29 is 19.4 Å². The lowest BCUT2D eigenvalue weighted by Crippen LogP contribution is -2.37. The van der Waals surface area contributed by atoms with Crippen LogP contribution in [0.15, 0.2) is 0 Å². The van der Waals surface area contributed by atoms with Crippen LogP contribution in [0.2, 0.25) is 0 Å². The number of likely N-dealkylation sites (N-methyl/N-ethyl adjacent to an activating group) is 1. The van der Waals surface area contributed by atoms with E-state index < -0.39 is 12.1 Å². The molecule has 1 aliphatic heterocycles. The number of carboxylic acids is 1. The van der Waals surface area contributed by atoms with Crippen molar-refractivity contribution in [1.29, 1.82) is 0 Å². The highest BCUT2D eigenvalue weighted by Gasteiger charge is 2.30. The molecule has 0 bridgehead atoms. The van der Waals surface area contributed by atoms with E-state index >= 15 is 0 Å². The van der Waals surface area contributed by atoms with Crippen LogP contribution in [0.1, 0.15) is 12.8 Å². The molecule has 0 aliphatic carbocycles. The SMILES string of the molecule is CN(C)C(=O)CNCC1CCC(C(=O)O)O1. The first-order valence-corrected chi connectivity index (χ1v) is 5.30. The van der Waals surface area contributed by atoms with Crippen LogP contribution >= 0.6 is 0 Å². The summed E-state index contributed by atoms with van der Waals surface area (Å²) in [6.45, 7) is 0.772. The highest BCUT2D eigenvalue weighted by molar-refractivity contribution is 5.77. The van der Waals surface area contributed by atoms with Crippen LogP contribution in [-0.2, 0) is 14.3 Å². The maximum absolute atomic E-state index is 11.2. The van der Waals surface area contributed by atoms with E-state index in [2.05, 4.69) is 5.32 Å². The molecule has 6 heteroatoms. The second-order valence-corrected chi connectivity index (χ2v) is 4.08. The summed E-state index contributed by atoms with van der Waals surface area (Å²) in [5.74, 6) is -0.917. The number of hydrogen-bond acceptors (Lipinski definition) is 4. The smallest absolute Gasteiger partial charge is 0.332 e. The van der Waals surface area contributed by atoms with Gasteiger partial charge in [-0.05, 0) is 12.8 Å². The molecule has 16 heavy (non-hydrogen) atoms. The largest absolute Gasteiger partial charge is 0.479 e. The van der Waals surface area contributed by atoms with Crippen LogP contribution in [0.4, 0.5) is 0 Å². The van der Waals surface area contributed by atoms with Crippen LogP contribution in [-0.4, -0.2) is 61.3 Å². The van der Waals surface area contributed by atoms with Crippen molar-refractivity contribution >= 4 is 11.9 Å². The van der Waals surface area contributed by atoms with Gasteiger partial charge in [0.1, 0.15) is 0 Å². The molecule has 0 aromatic rings.